The van der Waals surface area contributed by atoms with Gasteiger partial charge in [0.15, 0.2) is 0 Å². The molecule has 0 aliphatic carbocycles. The highest BCUT2D eigenvalue weighted by Gasteiger charge is 2.39. The summed E-state index contributed by atoms with van der Waals surface area (Å²) in [7, 11) is -6.66. The molecule has 3 N–H and O–H groups in total. The van der Waals surface area contributed by atoms with E-state index in [2.05, 4.69) is 6.92 Å². The Hall–Kier alpha value is 0.380. The van der Waals surface area contributed by atoms with Crippen molar-refractivity contribution in [2.75, 3.05) is 13.2 Å². The molecule has 138 valence electrons. The van der Waals surface area contributed by atoms with Crippen LogP contribution in [0.25, 0.3) is 0 Å². The Morgan fingerprint density at radius 1 is 1.26 bits per heavy atom. The van der Waals surface area contributed by atoms with Gasteiger partial charge in [0.25, 0.3) is 0 Å². The Morgan fingerprint density at radius 3 is 2.61 bits per heavy atom. The molecule has 0 radical (unpaired) electrons. The second-order valence-electron chi connectivity index (χ2n) is 5.63. The van der Waals surface area contributed by atoms with E-state index >= 15 is 0 Å². The lowest BCUT2D eigenvalue weighted by Gasteiger charge is -2.21. The Bertz CT molecular complexity index is 368. The molecule has 1 aliphatic heterocycles. The molecule has 4 atom stereocenters. The maximum atomic E-state index is 12.0. The van der Waals surface area contributed by atoms with Crippen LogP contribution in [0.4, 0.5) is 0 Å². The third-order valence-electron chi connectivity index (χ3n) is 3.51. The largest absolute Gasteiger partial charge is 0.472 e. The second-order valence-corrected chi connectivity index (χ2v) is 7.80. The monoisotopic (exact) mass is 374 g/mol. The van der Waals surface area contributed by atoms with Crippen LogP contribution in [0.2, 0.25) is 0 Å². The molecule has 23 heavy (non-hydrogen) atoms. The molecule has 1 saturated heterocycles. The number of hydrogen-bond acceptors (Lipinski definition) is 7. The Balaban J connectivity index is 2.34. The number of hydrogen-bond donors (Lipinski definition) is 3. The van der Waals surface area contributed by atoms with Gasteiger partial charge >= 0.3 is 16.4 Å². The third kappa shape index (κ3) is 9.44. The standard InChI is InChI=1S/C13H28O8P2/c1-3-4-5-6-7-8-19-23(16,17)21-12-9-11(2)20-13(12)10-18-22(14)15/h11-15H,3-10H2,1-2H3,(H,16,17). The molecule has 0 aromatic heterocycles. The molecule has 0 aromatic carbocycles. The van der Waals surface area contributed by atoms with Gasteiger partial charge in [-0.1, -0.05) is 32.6 Å². The fourth-order valence-corrected chi connectivity index (χ4v) is 3.67. The molecule has 1 heterocycles. The second kappa shape index (κ2) is 11.1. The lowest BCUT2D eigenvalue weighted by atomic mass is 10.1. The van der Waals surface area contributed by atoms with Crippen molar-refractivity contribution >= 4 is 16.4 Å². The van der Waals surface area contributed by atoms with E-state index in [1.54, 1.807) is 6.92 Å². The van der Waals surface area contributed by atoms with Gasteiger partial charge in [-0.3, -0.25) is 9.05 Å². The molecule has 10 heteroatoms. The van der Waals surface area contributed by atoms with Gasteiger partial charge in [0.1, 0.15) is 12.2 Å². The van der Waals surface area contributed by atoms with Crippen LogP contribution in [0, 0.1) is 0 Å². The number of phosphoric ester groups is 1. The van der Waals surface area contributed by atoms with Crippen LogP contribution in [-0.2, 0) is 22.9 Å². The highest BCUT2D eigenvalue weighted by Crippen LogP contribution is 2.47. The molecule has 0 bridgehead atoms. The van der Waals surface area contributed by atoms with Crippen molar-refractivity contribution in [2.45, 2.75) is 70.7 Å². The van der Waals surface area contributed by atoms with Crippen LogP contribution in [-0.4, -0.2) is 46.2 Å². The van der Waals surface area contributed by atoms with Crippen LogP contribution >= 0.6 is 16.4 Å². The maximum absolute atomic E-state index is 12.0. The van der Waals surface area contributed by atoms with Gasteiger partial charge in [0.2, 0.25) is 0 Å². The zero-order valence-corrected chi connectivity index (χ0v) is 15.5. The minimum absolute atomic E-state index is 0.120. The van der Waals surface area contributed by atoms with Crippen LogP contribution in [0.15, 0.2) is 0 Å². The van der Waals surface area contributed by atoms with E-state index in [0.717, 1.165) is 25.7 Å². The summed E-state index contributed by atoms with van der Waals surface area (Å²) in [4.78, 5) is 27.3. The fraction of sp³-hybridized carbons (Fsp3) is 1.00. The van der Waals surface area contributed by atoms with E-state index in [0.29, 0.717) is 12.8 Å². The summed E-state index contributed by atoms with van der Waals surface area (Å²) in [6.07, 6.45) is 3.93. The molecule has 1 rings (SSSR count). The van der Waals surface area contributed by atoms with E-state index in [9.17, 15) is 9.46 Å². The van der Waals surface area contributed by atoms with E-state index in [4.69, 9.17) is 28.1 Å². The van der Waals surface area contributed by atoms with Crippen LogP contribution < -0.4 is 0 Å². The topological polar surface area (TPSA) is 115 Å². The smallest absolute Gasteiger partial charge is 0.370 e. The van der Waals surface area contributed by atoms with Crippen molar-refractivity contribution < 1.29 is 37.6 Å². The first kappa shape index (κ1) is 21.4. The SMILES string of the molecule is CCCCCCCOP(=O)(O)OC1CC(C)OC1COP(O)O. The van der Waals surface area contributed by atoms with Crippen molar-refractivity contribution in [3.8, 4) is 0 Å². The van der Waals surface area contributed by atoms with Crippen molar-refractivity contribution in [1.29, 1.82) is 0 Å². The average molecular weight is 374 g/mol. The van der Waals surface area contributed by atoms with Gasteiger partial charge in [0, 0.05) is 6.42 Å². The molecule has 8 nitrogen and oxygen atoms in total. The van der Waals surface area contributed by atoms with Gasteiger partial charge in [-0.25, -0.2) is 4.57 Å². The summed E-state index contributed by atoms with van der Waals surface area (Å²) in [6, 6.07) is 0. The molecule has 1 aliphatic rings. The first-order valence-corrected chi connectivity index (χ1v) is 10.6. The molecule has 0 saturated carbocycles. The first-order valence-electron chi connectivity index (χ1n) is 7.96. The predicted octanol–water partition coefficient (Wildman–Crippen LogP) is 2.86. The number of rotatable bonds is 12. The summed E-state index contributed by atoms with van der Waals surface area (Å²) in [5.41, 5.74) is 0. The third-order valence-corrected chi connectivity index (χ3v) is 4.94. The van der Waals surface area contributed by atoms with Crippen molar-refractivity contribution in [1.82, 2.24) is 0 Å². The molecule has 0 aromatic rings. The normalized spacial score (nSPS) is 27.5. The van der Waals surface area contributed by atoms with E-state index in [-0.39, 0.29) is 19.3 Å². The highest BCUT2D eigenvalue weighted by atomic mass is 31.2. The van der Waals surface area contributed by atoms with Gasteiger partial charge < -0.3 is 23.9 Å². The molecular weight excluding hydrogens is 346 g/mol. The minimum atomic E-state index is -4.16. The predicted molar refractivity (Wildman–Crippen MR) is 85.7 cm³/mol. The Labute approximate surface area is 138 Å². The van der Waals surface area contributed by atoms with Crippen molar-refractivity contribution in [3.05, 3.63) is 0 Å². The van der Waals surface area contributed by atoms with E-state index in [1.165, 1.54) is 0 Å². The maximum Gasteiger partial charge on any atom is 0.472 e. The van der Waals surface area contributed by atoms with Gasteiger partial charge in [-0.05, 0) is 13.3 Å². The van der Waals surface area contributed by atoms with Crippen LogP contribution in [0.1, 0.15) is 52.4 Å². The Morgan fingerprint density at radius 2 is 1.96 bits per heavy atom. The zero-order chi connectivity index (χ0) is 17.3. The minimum Gasteiger partial charge on any atom is -0.370 e. The zero-order valence-electron chi connectivity index (χ0n) is 13.7. The molecular formula is C13H28O8P2. The fourth-order valence-electron chi connectivity index (χ4n) is 2.41. The molecule has 1 fully saturated rings. The molecule has 0 spiro atoms. The highest BCUT2D eigenvalue weighted by molar-refractivity contribution is 7.47. The summed E-state index contributed by atoms with van der Waals surface area (Å²) >= 11 is 0. The Kier molecular flexibility index (Phi) is 10.3. The molecule has 0 amide bonds. The summed E-state index contributed by atoms with van der Waals surface area (Å²) in [6.45, 7) is 3.97. The summed E-state index contributed by atoms with van der Waals surface area (Å²) in [5.74, 6) is 0. The van der Waals surface area contributed by atoms with Crippen LogP contribution in [0.5, 0.6) is 0 Å². The molecule has 4 unspecified atom stereocenters. The number of ether oxygens (including phenoxy) is 1. The van der Waals surface area contributed by atoms with Crippen LogP contribution in [0.3, 0.4) is 0 Å². The van der Waals surface area contributed by atoms with E-state index in [1.807, 2.05) is 0 Å². The summed E-state index contributed by atoms with van der Waals surface area (Å²) in [5, 5.41) is 0. The first-order chi connectivity index (χ1) is 10.8. The number of phosphoric acid groups is 1. The van der Waals surface area contributed by atoms with Crippen molar-refractivity contribution in [2.24, 2.45) is 0 Å². The van der Waals surface area contributed by atoms with E-state index < -0.39 is 28.6 Å². The van der Waals surface area contributed by atoms with Gasteiger partial charge in [0.05, 0.1) is 19.3 Å². The summed E-state index contributed by atoms with van der Waals surface area (Å²) < 4.78 is 32.3. The average Bonchev–Trinajstić information content (AvgIpc) is 2.79. The van der Waals surface area contributed by atoms with Crippen molar-refractivity contribution in [3.63, 3.8) is 0 Å². The van der Waals surface area contributed by atoms with Gasteiger partial charge in [-0.2, -0.15) is 0 Å². The quantitative estimate of drug-likeness (QED) is 0.353. The number of unbranched alkanes of at least 4 members (excludes halogenated alkanes) is 4. The lowest BCUT2D eigenvalue weighted by Crippen LogP contribution is -2.28. The lowest BCUT2D eigenvalue weighted by molar-refractivity contribution is -0.0155. The van der Waals surface area contributed by atoms with Gasteiger partial charge in [-0.15, -0.1) is 0 Å².